The quantitative estimate of drug-likeness (QED) is 0.816. The van der Waals surface area contributed by atoms with Gasteiger partial charge in [0.05, 0.1) is 6.54 Å². The van der Waals surface area contributed by atoms with Gasteiger partial charge in [-0.2, -0.15) is 4.98 Å². The Morgan fingerprint density at radius 2 is 2.22 bits per heavy atom. The molecule has 0 unspecified atom stereocenters. The number of aromatic nitrogens is 1. The number of oxazole rings is 1. The molecule has 1 aromatic heterocycles. The van der Waals surface area contributed by atoms with E-state index in [2.05, 4.69) is 4.98 Å². The summed E-state index contributed by atoms with van der Waals surface area (Å²) in [5, 5.41) is 0. The molecular weight excluding hydrogens is 246 g/mol. The van der Waals surface area contributed by atoms with Gasteiger partial charge in [0.15, 0.2) is 6.29 Å². The zero-order valence-corrected chi connectivity index (χ0v) is 9.94. The molecule has 0 N–H and O–H groups in total. The lowest BCUT2D eigenvalue weighted by atomic mass is 10.1. The Bertz CT molecular complexity index is 432. The molecule has 0 aromatic carbocycles. The van der Waals surface area contributed by atoms with Crippen molar-refractivity contribution < 1.29 is 22.7 Å². The first kappa shape index (κ1) is 11.9. The smallest absolute Gasteiger partial charge is 0.297 e. The van der Waals surface area contributed by atoms with Gasteiger partial charge in [-0.3, -0.25) is 0 Å². The molecule has 0 spiro atoms. The van der Waals surface area contributed by atoms with Gasteiger partial charge in [-0.1, -0.05) is 0 Å². The molecule has 2 fully saturated rings. The van der Waals surface area contributed by atoms with Crippen molar-refractivity contribution in [3.63, 3.8) is 0 Å². The molecule has 2 saturated heterocycles. The van der Waals surface area contributed by atoms with Crippen LogP contribution in [0.1, 0.15) is 31.7 Å². The molecule has 0 bridgehead atoms. The molecule has 3 rings (SSSR count). The van der Waals surface area contributed by atoms with Crippen LogP contribution in [0.3, 0.4) is 0 Å². The van der Waals surface area contributed by atoms with Crippen LogP contribution in [0.2, 0.25) is 0 Å². The second kappa shape index (κ2) is 4.17. The third-order valence-electron chi connectivity index (χ3n) is 3.05. The van der Waals surface area contributed by atoms with E-state index < -0.39 is 12.2 Å². The van der Waals surface area contributed by atoms with E-state index in [0.717, 1.165) is 0 Å². The molecule has 7 heteroatoms. The Kier molecular flexibility index (Phi) is 2.74. The number of alkyl halides is 2. The summed E-state index contributed by atoms with van der Waals surface area (Å²) in [5.41, 5.74) is 0.483. The Hall–Kier alpha value is -1.21. The van der Waals surface area contributed by atoms with E-state index >= 15 is 0 Å². The first-order chi connectivity index (χ1) is 8.53. The fourth-order valence-electron chi connectivity index (χ4n) is 2.16. The second-order valence-corrected chi connectivity index (χ2v) is 4.61. The Labute approximate surface area is 103 Å². The minimum atomic E-state index is -2.68. The Balaban J connectivity index is 1.69. The number of nitrogens with zero attached hydrogens (tertiary/aromatic N) is 2. The summed E-state index contributed by atoms with van der Waals surface area (Å²) in [6.45, 7) is 1.94. The molecule has 100 valence electrons. The topological polar surface area (TPSA) is 47.7 Å². The van der Waals surface area contributed by atoms with Crippen LogP contribution in [0, 0.1) is 0 Å². The summed E-state index contributed by atoms with van der Waals surface area (Å²) in [4.78, 5) is 5.59. The van der Waals surface area contributed by atoms with E-state index in [1.165, 1.54) is 11.2 Å². The maximum Gasteiger partial charge on any atom is 0.297 e. The van der Waals surface area contributed by atoms with Crippen LogP contribution in [0.25, 0.3) is 0 Å². The third kappa shape index (κ3) is 2.20. The van der Waals surface area contributed by atoms with Gasteiger partial charge in [0.1, 0.15) is 12.0 Å². The summed E-state index contributed by atoms with van der Waals surface area (Å²) < 4.78 is 42.3. The Morgan fingerprint density at radius 1 is 1.44 bits per heavy atom. The lowest BCUT2D eigenvalue weighted by Crippen LogP contribution is -2.42. The van der Waals surface area contributed by atoms with E-state index in [-0.39, 0.29) is 25.3 Å². The van der Waals surface area contributed by atoms with Crippen LogP contribution < -0.4 is 4.90 Å². The minimum absolute atomic E-state index is 0.0799. The van der Waals surface area contributed by atoms with Crippen LogP contribution >= 0.6 is 0 Å². The number of piperidine rings is 1. The summed E-state index contributed by atoms with van der Waals surface area (Å²) in [7, 11) is 0. The van der Waals surface area contributed by atoms with Gasteiger partial charge in [-0.05, 0) is 13.3 Å². The van der Waals surface area contributed by atoms with Gasteiger partial charge >= 0.3 is 0 Å². The van der Waals surface area contributed by atoms with Crippen molar-refractivity contribution in [2.24, 2.45) is 0 Å². The summed E-state index contributed by atoms with van der Waals surface area (Å²) in [5.74, 6) is -2.68. The van der Waals surface area contributed by atoms with Gasteiger partial charge in [-0.25, -0.2) is 8.78 Å². The predicted octanol–water partition coefficient (Wildman–Crippen LogP) is 2.30. The number of ether oxygens (including phenoxy) is 2. The highest BCUT2D eigenvalue weighted by Gasteiger charge is 2.38. The van der Waals surface area contributed by atoms with E-state index in [1.54, 1.807) is 6.92 Å². The van der Waals surface area contributed by atoms with Crippen LogP contribution in [0.5, 0.6) is 0 Å². The fraction of sp³-hybridized carbons (Fsp3) is 0.727. The van der Waals surface area contributed by atoms with Gasteiger partial charge in [0, 0.05) is 13.0 Å². The van der Waals surface area contributed by atoms with Crippen molar-refractivity contribution in [2.75, 3.05) is 18.0 Å². The largest absolute Gasteiger partial charge is 0.432 e. The van der Waals surface area contributed by atoms with Crippen molar-refractivity contribution in [3.8, 4) is 0 Å². The average molecular weight is 260 g/mol. The highest BCUT2D eigenvalue weighted by molar-refractivity contribution is 5.29. The summed E-state index contributed by atoms with van der Waals surface area (Å²) >= 11 is 0. The third-order valence-corrected chi connectivity index (χ3v) is 3.05. The number of rotatable bonds is 2. The van der Waals surface area contributed by atoms with E-state index in [0.29, 0.717) is 18.7 Å². The maximum atomic E-state index is 13.3. The normalized spacial score (nSPS) is 31.2. The van der Waals surface area contributed by atoms with Crippen molar-refractivity contribution in [3.05, 3.63) is 12.0 Å². The highest BCUT2D eigenvalue weighted by Crippen LogP contribution is 2.34. The van der Waals surface area contributed by atoms with Crippen LogP contribution in [0.15, 0.2) is 10.7 Å². The molecule has 1 aromatic rings. The maximum absolute atomic E-state index is 13.3. The first-order valence-electron chi connectivity index (χ1n) is 5.93. The van der Waals surface area contributed by atoms with Gasteiger partial charge in [0.25, 0.3) is 11.9 Å². The highest BCUT2D eigenvalue weighted by atomic mass is 19.3. The van der Waals surface area contributed by atoms with Crippen LogP contribution in [0.4, 0.5) is 14.8 Å². The number of hydrogen-bond donors (Lipinski definition) is 0. The monoisotopic (exact) mass is 260 g/mol. The number of halogens is 2. The molecule has 2 aliphatic heterocycles. The molecule has 0 saturated carbocycles. The van der Waals surface area contributed by atoms with Gasteiger partial charge in [0.2, 0.25) is 6.29 Å². The zero-order chi connectivity index (χ0) is 12.8. The lowest BCUT2D eigenvalue weighted by Gasteiger charge is -2.32. The van der Waals surface area contributed by atoms with Crippen LogP contribution in [-0.4, -0.2) is 30.3 Å². The molecule has 0 amide bonds. The minimum Gasteiger partial charge on any atom is -0.432 e. The molecule has 2 aliphatic rings. The molecule has 18 heavy (non-hydrogen) atoms. The van der Waals surface area contributed by atoms with Gasteiger partial charge in [-0.15, -0.1) is 0 Å². The van der Waals surface area contributed by atoms with Gasteiger partial charge < -0.3 is 18.8 Å². The first-order valence-corrected chi connectivity index (χ1v) is 5.93. The van der Waals surface area contributed by atoms with Crippen molar-refractivity contribution in [1.82, 2.24) is 4.98 Å². The Morgan fingerprint density at radius 3 is 2.89 bits per heavy atom. The molecular formula is C11H14F2N2O3. The molecule has 3 heterocycles. The lowest BCUT2D eigenvalue weighted by molar-refractivity contribution is -0.383. The summed E-state index contributed by atoms with van der Waals surface area (Å²) in [6, 6.07) is 0.205. The second-order valence-electron chi connectivity index (χ2n) is 4.61. The molecule has 5 nitrogen and oxygen atoms in total. The number of hydrogen-bond acceptors (Lipinski definition) is 5. The molecule has 0 atom stereocenters. The fourth-order valence-corrected chi connectivity index (χ4v) is 2.16. The zero-order valence-electron chi connectivity index (χ0n) is 9.94. The van der Waals surface area contributed by atoms with E-state index in [1.807, 2.05) is 0 Å². The standard InChI is InChI=1S/C11H14F2N2O3/c1-7-17-9(18-7)8-5-16-10(14-8)15-4-2-3-11(12,13)6-15/h5,7,9H,2-4,6H2,1H3. The van der Waals surface area contributed by atoms with E-state index in [9.17, 15) is 8.78 Å². The van der Waals surface area contributed by atoms with Crippen molar-refractivity contribution in [2.45, 2.75) is 38.3 Å². The van der Waals surface area contributed by atoms with E-state index in [4.69, 9.17) is 13.9 Å². The van der Waals surface area contributed by atoms with Crippen molar-refractivity contribution in [1.29, 1.82) is 0 Å². The summed E-state index contributed by atoms with van der Waals surface area (Å²) in [6.07, 6.45) is 0.942. The molecule has 0 radical (unpaired) electrons. The number of anilines is 1. The molecule has 0 aliphatic carbocycles. The SMILES string of the molecule is CC1OC(c2coc(N3CCCC(F)(F)C3)n2)O1. The predicted molar refractivity (Wildman–Crippen MR) is 57.3 cm³/mol. The van der Waals surface area contributed by atoms with Crippen molar-refractivity contribution >= 4 is 6.01 Å². The average Bonchev–Trinajstić information content (AvgIpc) is 2.72. The van der Waals surface area contributed by atoms with Crippen LogP contribution in [-0.2, 0) is 9.47 Å².